The van der Waals surface area contributed by atoms with Gasteiger partial charge in [0, 0.05) is 19.3 Å². The molecule has 0 aromatic heterocycles. The minimum Gasteiger partial charge on any atom is -0.462 e. The average molecular weight is 907 g/mol. The molecule has 0 aromatic rings. The molecular weight excluding hydrogens is 805 g/mol. The summed E-state index contributed by atoms with van der Waals surface area (Å²) in [6, 6.07) is 0. The first-order valence-corrected chi connectivity index (χ1v) is 27.4. The SMILES string of the molecule is CC/C=C\C/C=C\C/C=C\C/C=C\CCCCCCCCCCC(=O)OCC(COC(=O)CCCCCCCCCCC)OC(=O)CCCCCCCCC/C=C\C/C=C\CCCCC. The standard InChI is InChI=1S/C59H102O6/c1-4-7-10-13-16-19-21-23-25-27-28-29-30-32-33-35-37-40-43-46-49-52-58(61)64-55-56(54-63-57(60)51-48-45-42-39-18-15-12-9-6-3)65-59(62)53-50-47-44-41-38-36-34-31-26-24-22-20-17-14-11-8-5-2/h7,10,16-17,19-20,23-26,28-29,56H,4-6,8-9,11-15,18,21-22,27,30-55H2,1-3H3/b10-7-,19-16-,20-17-,25-23-,26-24-,29-28-. The number of allylic oxidation sites excluding steroid dienone is 12. The van der Waals surface area contributed by atoms with E-state index in [9.17, 15) is 14.4 Å². The molecule has 0 aliphatic rings. The van der Waals surface area contributed by atoms with Gasteiger partial charge in [0.25, 0.3) is 0 Å². The average Bonchev–Trinajstić information content (AvgIpc) is 3.30. The van der Waals surface area contributed by atoms with Crippen molar-refractivity contribution in [1.29, 1.82) is 0 Å². The number of rotatable bonds is 49. The van der Waals surface area contributed by atoms with Crippen molar-refractivity contribution in [1.82, 2.24) is 0 Å². The maximum absolute atomic E-state index is 12.8. The number of ether oxygens (including phenoxy) is 3. The number of esters is 3. The van der Waals surface area contributed by atoms with E-state index in [4.69, 9.17) is 14.2 Å². The zero-order chi connectivity index (χ0) is 47.2. The first-order valence-electron chi connectivity index (χ1n) is 27.4. The van der Waals surface area contributed by atoms with Crippen molar-refractivity contribution in [3.05, 3.63) is 72.9 Å². The molecule has 6 heteroatoms. The topological polar surface area (TPSA) is 78.9 Å². The third kappa shape index (κ3) is 51.7. The van der Waals surface area contributed by atoms with Crippen LogP contribution in [0.4, 0.5) is 0 Å². The van der Waals surface area contributed by atoms with Crippen LogP contribution in [0.1, 0.15) is 265 Å². The molecule has 65 heavy (non-hydrogen) atoms. The zero-order valence-electron chi connectivity index (χ0n) is 42.7. The fourth-order valence-corrected chi connectivity index (χ4v) is 7.58. The van der Waals surface area contributed by atoms with E-state index in [1.165, 1.54) is 122 Å². The van der Waals surface area contributed by atoms with Crippen molar-refractivity contribution in [3.63, 3.8) is 0 Å². The van der Waals surface area contributed by atoms with E-state index in [1.54, 1.807) is 0 Å². The molecule has 0 saturated carbocycles. The number of carbonyl (C=O) groups is 3. The molecule has 374 valence electrons. The molecule has 6 nitrogen and oxygen atoms in total. The highest BCUT2D eigenvalue weighted by molar-refractivity contribution is 5.71. The molecule has 0 aliphatic heterocycles. The van der Waals surface area contributed by atoms with E-state index in [0.29, 0.717) is 19.3 Å². The predicted octanol–water partition coefficient (Wildman–Crippen LogP) is 18.2. The minimum absolute atomic E-state index is 0.0797. The lowest BCUT2D eigenvalue weighted by atomic mass is 10.1. The first-order chi connectivity index (χ1) is 32.0. The maximum Gasteiger partial charge on any atom is 0.306 e. The molecule has 0 aromatic carbocycles. The van der Waals surface area contributed by atoms with Gasteiger partial charge < -0.3 is 14.2 Å². The van der Waals surface area contributed by atoms with E-state index in [2.05, 4.69) is 93.7 Å². The number of unbranched alkanes of at least 4 members (excludes halogenated alkanes) is 26. The maximum atomic E-state index is 12.8. The second kappa shape index (κ2) is 53.5. The van der Waals surface area contributed by atoms with Gasteiger partial charge >= 0.3 is 17.9 Å². The van der Waals surface area contributed by atoms with Crippen LogP contribution in [0.3, 0.4) is 0 Å². The van der Waals surface area contributed by atoms with Crippen LogP contribution >= 0.6 is 0 Å². The largest absolute Gasteiger partial charge is 0.462 e. The Morgan fingerprint density at radius 2 is 0.600 bits per heavy atom. The molecule has 0 heterocycles. The Morgan fingerprint density at radius 3 is 0.969 bits per heavy atom. The summed E-state index contributed by atoms with van der Waals surface area (Å²) in [4.78, 5) is 38.0. The van der Waals surface area contributed by atoms with Crippen molar-refractivity contribution < 1.29 is 28.6 Å². The smallest absolute Gasteiger partial charge is 0.306 e. The van der Waals surface area contributed by atoms with Gasteiger partial charge in [0.1, 0.15) is 13.2 Å². The predicted molar refractivity (Wildman–Crippen MR) is 279 cm³/mol. The highest BCUT2D eigenvalue weighted by Gasteiger charge is 2.19. The van der Waals surface area contributed by atoms with Crippen LogP contribution in [0.2, 0.25) is 0 Å². The van der Waals surface area contributed by atoms with Gasteiger partial charge in [0.15, 0.2) is 6.10 Å². The van der Waals surface area contributed by atoms with Gasteiger partial charge in [0.2, 0.25) is 0 Å². The summed E-state index contributed by atoms with van der Waals surface area (Å²) in [7, 11) is 0. The van der Waals surface area contributed by atoms with Crippen LogP contribution in [0.15, 0.2) is 72.9 Å². The molecule has 0 amide bonds. The third-order valence-corrected chi connectivity index (χ3v) is 11.7. The lowest BCUT2D eigenvalue weighted by Crippen LogP contribution is -2.30. The van der Waals surface area contributed by atoms with E-state index >= 15 is 0 Å². The Hall–Kier alpha value is -3.15. The van der Waals surface area contributed by atoms with Gasteiger partial charge in [0.05, 0.1) is 0 Å². The van der Waals surface area contributed by atoms with Gasteiger partial charge in [-0.2, -0.15) is 0 Å². The van der Waals surface area contributed by atoms with Gasteiger partial charge in [-0.3, -0.25) is 14.4 Å². The summed E-state index contributed by atoms with van der Waals surface area (Å²) < 4.78 is 16.8. The fourth-order valence-electron chi connectivity index (χ4n) is 7.58. The first kappa shape index (κ1) is 61.9. The molecule has 0 radical (unpaired) electrons. The van der Waals surface area contributed by atoms with Crippen LogP contribution in [-0.2, 0) is 28.6 Å². The Bertz CT molecular complexity index is 1230. The van der Waals surface area contributed by atoms with E-state index in [-0.39, 0.29) is 31.1 Å². The third-order valence-electron chi connectivity index (χ3n) is 11.7. The lowest BCUT2D eigenvalue weighted by molar-refractivity contribution is -0.167. The summed E-state index contributed by atoms with van der Waals surface area (Å²) in [5, 5.41) is 0. The summed E-state index contributed by atoms with van der Waals surface area (Å²) in [6.07, 6.45) is 67.5. The lowest BCUT2D eigenvalue weighted by Gasteiger charge is -2.18. The molecule has 0 bridgehead atoms. The normalized spacial score (nSPS) is 12.6. The quantitative estimate of drug-likeness (QED) is 0.0262. The summed E-state index contributed by atoms with van der Waals surface area (Å²) in [5.41, 5.74) is 0. The Morgan fingerprint density at radius 1 is 0.323 bits per heavy atom. The Labute approximate surface area is 402 Å². The summed E-state index contributed by atoms with van der Waals surface area (Å²) in [6.45, 7) is 6.48. The Kier molecular flexibility index (Phi) is 50.9. The van der Waals surface area contributed by atoms with Crippen molar-refractivity contribution in [3.8, 4) is 0 Å². The molecule has 0 aliphatic carbocycles. The number of hydrogen-bond donors (Lipinski definition) is 0. The van der Waals surface area contributed by atoms with Gasteiger partial charge in [-0.1, -0.05) is 229 Å². The van der Waals surface area contributed by atoms with Crippen LogP contribution in [0, 0.1) is 0 Å². The van der Waals surface area contributed by atoms with Crippen LogP contribution in [-0.4, -0.2) is 37.2 Å². The molecule has 0 fully saturated rings. The van der Waals surface area contributed by atoms with Crippen molar-refractivity contribution in [2.24, 2.45) is 0 Å². The van der Waals surface area contributed by atoms with Crippen molar-refractivity contribution >= 4 is 17.9 Å². The van der Waals surface area contributed by atoms with E-state index in [0.717, 1.165) is 103 Å². The Balaban J connectivity index is 4.31. The molecule has 1 atom stereocenters. The fraction of sp³-hybridized carbons (Fsp3) is 0.746. The minimum atomic E-state index is -0.780. The van der Waals surface area contributed by atoms with Crippen LogP contribution in [0.25, 0.3) is 0 Å². The van der Waals surface area contributed by atoms with E-state index < -0.39 is 6.10 Å². The molecule has 0 N–H and O–H groups in total. The van der Waals surface area contributed by atoms with Crippen molar-refractivity contribution in [2.45, 2.75) is 271 Å². The van der Waals surface area contributed by atoms with Gasteiger partial charge in [-0.25, -0.2) is 0 Å². The number of carbonyl (C=O) groups excluding carboxylic acids is 3. The second-order valence-corrected chi connectivity index (χ2v) is 18.1. The van der Waals surface area contributed by atoms with Gasteiger partial charge in [-0.05, 0) is 89.9 Å². The van der Waals surface area contributed by atoms with E-state index in [1.807, 2.05) is 0 Å². The monoisotopic (exact) mass is 907 g/mol. The zero-order valence-corrected chi connectivity index (χ0v) is 42.7. The summed E-state index contributed by atoms with van der Waals surface area (Å²) >= 11 is 0. The molecule has 0 saturated heterocycles. The molecule has 0 rings (SSSR count). The molecular formula is C59H102O6. The van der Waals surface area contributed by atoms with Crippen LogP contribution in [0.5, 0.6) is 0 Å². The number of hydrogen-bond acceptors (Lipinski definition) is 6. The highest BCUT2D eigenvalue weighted by Crippen LogP contribution is 2.15. The summed E-state index contributed by atoms with van der Waals surface area (Å²) in [5.74, 6) is -0.893. The highest BCUT2D eigenvalue weighted by atomic mass is 16.6. The van der Waals surface area contributed by atoms with Crippen molar-refractivity contribution in [2.75, 3.05) is 13.2 Å². The molecule has 0 spiro atoms. The second-order valence-electron chi connectivity index (χ2n) is 18.1. The molecule has 1 unspecified atom stereocenters. The van der Waals surface area contributed by atoms with Gasteiger partial charge in [-0.15, -0.1) is 0 Å². The van der Waals surface area contributed by atoms with Crippen LogP contribution < -0.4 is 0 Å².